The number of carbonyl (C=O) groups is 1. The Kier molecular flexibility index (Phi) is 7.06. The van der Waals surface area contributed by atoms with E-state index >= 15 is 0 Å². The topological polar surface area (TPSA) is 72.3 Å². The molecule has 2 rings (SSSR count). The third kappa shape index (κ3) is 5.63. The average molecular weight is 361 g/mol. The Balaban J connectivity index is 2.31. The van der Waals surface area contributed by atoms with Gasteiger partial charge in [0.1, 0.15) is 0 Å². The number of benzene rings is 1. The van der Waals surface area contributed by atoms with Crippen LogP contribution in [0.1, 0.15) is 31.9 Å². The molecule has 0 aromatic heterocycles. The highest BCUT2D eigenvalue weighted by molar-refractivity contribution is 8.15. The van der Waals surface area contributed by atoms with Gasteiger partial charge in [-0.15, -0.1) is 11.7 Å². The van der Waals surface area contributed by atoms with Gasteiger partial charge in [0.05, 0.1) is 24.7 Å². The molecule has 1 aromatic carbocycles. The summed E-state index contributed by atoms with van der Waals surface area (Å²) in [5, 5.41) is 11.2. The van der Waals surface area contributed by atoms with Crippen molar-refractivity contribution >= 4 is 29.1 Å². The van der Waals surface area contributed by atoms with Crippen LogP contribution in [0.4, 0.5) is 0 Å². The molecule has 7 heteroatoms. The summed E-state index contributed by atoms with van der Waals surface area (Å²) in [6, 6.07) is 3.85. The van der Waals surface area contributed by atoms with Crippen molar-refractivity contribution in [3.63, 3.8) is 0 Å². The van der Waals surface area contributed by atoms with Gasteiger partial charge in [0.15, 0.2) is 16.7 Å². The second-order valence-electron chi connectivity index (χ2n) is 5.59. The monoisotopic (exact) mass is 361 g/mol. The van der Waals surface area contributed by atoms with Crippen molar-refractivity contribution in [1.29, 1.82) is 0 Å². The summed E-state index contributed by atoms with van der Waals surface area (Å²) < 4.78 is 11.7. The maximum atomic E-state index is 11.1. The molecule has 1 saturated heterocycles. The van der Waals surface area contributed by atoms with Crippen LogP contribution in [0.5, 0.6) is 11.5 Å². The molecule has 1 heterocycles. The van der Waals surface area contributed by atoms with Crippen molar-refractivity contribution in [2.45, 2.75) is 33.3 Å². The van der Waals surface area contributed by atoms with E-state index < -0.39 is 0 Å². The molecule has 1 aromatic rings. The predicted molar refractivity (Wildman–Crippen MR) is 103 cm³/mol. The standard InChI is InChI=1S/C18H23N3O3S/c1-5-7-14-8-13(10-19-21-18-20-16(22)11-25-18)9-15(23-6-2)17(14)24-12(3)4/h5,8-10,12H,1,6-7,11H2,2-4H3,(H,20,21,22). The third-order valence-electron chi connectivity index (χ3n) is 3.11. The quantitative estimate of drug-likeness (QED) is 0.439. The Hall–Kier alpha value is -2.28. The summed E-state index contributed by atoms with van der Waals surface area (Å²) in [5.41, 5.74) is 1.82. The van der Waals surface area contributed by atoms with Gasteiger partial charge >= 0.3 is 0 Å². The average Bonchev–Trinajstić information content (AvgIpc) is 2.96. The van der Waals surface area contributed by atoms with Crippen LogP contribution in [0, 0.1) is 0 Å². The molecule has 1 N–H and O–H groups in total. The van der Waals surface area contributed by atoms with Crippen LogP contribution in [-0.2, 0) is 11.2 Å². The highest BCUT2D eigenvalue weighted by Gasteiger charge is 2.16. The van der Waals surface area contributed by atoms with E-state index in [1.165, 1.54) is 11.8 Å². The van der Waals surface area contributed by atoms with Gasteiger partial charge in [-0.05, 0) is 44.9 Å². The minimum Gasteiger partial charge on any atom is -0.490 e. The molecule has 0 spiro atoms. The van der Waals surface area contributed by atoms with Crippen LogP contribution in [0.25, 0.3) is 0 Å². The van der Waals surface area contributed by atoms with Crippen molar-refractivity contribution in [3.05, 3.63) is 35.9 Å². The van der Waals surface area contributed by atoms with Gasteiger partial charge in [-0.3, -0.25) is 4.79 Å². The van der Waals surface area contributed by atoms with Crippen LogP contribution in [0.2, 0.25) is 0 Å². The van der Waals surface area contributed by atoms with Crippen molar-refractivity contribution < 1.29 is 14.3 Å². The first-order valence-corrected chi connectivity index (χ1v) is 9.13. The Morgan fingerprint density at radius 2 is 2.24 bits per heavy atom. The van der Waals surface area contributed by atoms with Gasteiger partial charge < -0.3 is 14.8 Å². The van der Waals surface area contributed by atoms with Gasteiger partial charge in [-0.2, -0.15) is 5.10 Å². The Labute approximate surface area is 152 Å². The summed E-state index contributed by atoms with van der Waals surface area (Å²) in [5.74, 6) is 1.74. The molecule has 0 saturated carbocycles. The lowest BCUT2D eigenvalue weighted by molar-refractivity contribution is -0.116. The minimum absolute atomic E-state index is 0.0386. The fraction of sp³-hybridized carbons (Fsp3) is 0.389. The van der Waals surface area contributed by atoms with E-state index in [0.717, 1.165) is 16.9 Å². The first-order chi connectivity index (χ1) is 12.0. The first kappa shape index (κ1) is 19.1. The number of amidine groups is 1. The molecule has 134 valence electrons. The molecule has 0 bridgehead atoms. The number of hydrogen-bond acceptors (Lipinski definition) is 6. The van der Waals surface area contributed by atoms with Crippen molar-refractivity contribution in [2.75, 3.05) is 12.4 Å². The van der Waals surface area contributed by atoms with Crippen LogP contribution >= 0.6 is 11.8 Å². The predicted octanol–water partition coefficient (Wildman–Crippen LogP) is 3.15. The molecule has 0 radical (unpaired) electrons. The van der Waals surface area contributed by atoms with Crippen LogP contribution in [0.15, 0.2) is 35.0 Å². The van der Waals surface area contributed by atoms with Gasteiger partial charge in [0.25, 0.3) is 0 Å². The lowest BCUT2D eigenvalue weighted by Crippen LogP contribution is -2.19. The fourth-order valence-corrected chi connectivity index (χ4v) is 2.86. The van der Waals surface area contributed by atoms with Crippen molar-refractivity contribution in [3.8, 4) is 11.5 Å². The maximum absolute atomic E-state index is 11.1. The van der Waals surface area contributed by atoms with E-state index in [1.54, 1.807) is 6.21 Å². The number of carbonyl (C=O) groups excluding carboxylic acids is 1. The maximum Gasteiger partial charge on any atom is 0.236 e. The molecule has 25 heavy (non-hydrogen) atoms. The normalized spacial score (nSPS) is 15.8. The molecule has 1 fully saturated rings. The van der Waals surface area contributed by atoms with Crippen LogP contribution < -0.4 is 14.8 Å². The largest absolute Gasteiger partial charge is 0.490 e. The molecule has 0 unspecified atom stereocenters. The highest BCUT2D eigenvalue weighted by atomic mass is 32.2. The molecule has 1 amide bonds. The second-order valence-corrected chi connectivity index (χ2v) is 6.55. The number of rotatable bonds is 8. The Bertz CT molecular complexity index is 699. The van der Waals surface area contributed by atoms with E-state index in [-0.39, 0.29) is 12.0 Å². The van der Waals surface area contributed by atoms with Gasteiger partial charge in [0, 0.05) is 5.56 Å². The fourth-order valence-electron chi connectivity index (χ4n) is 2.22. The number of nitrogens with one attached hydrogen (secondary N) is 1. The van der Waals surface area contributed by atoms with Crippen molar-refractivity contribution in [2.24, 2.45) is 10.2 Å². The lowest BCUT2D eigenvalue weighted by atomic mass is 10.1. The summed E-state index contributed by atoms with van der Waals surface area (Å²) in [7, 11) is 0. The molecule has 1 aliphatic rings. The minimum atomic E-state index is -0.0546. The second kappa shape index (κ2) is 9.27. The van der Waals surface area contributed by atoms with Gasteiger partial charge in [-0.25, -0.2) is 0 Å². The molecule has 1 aliphatic heterocycles. The first-order valence-electron chi connectivity index (χ1n) is 8.14. The zero-order valence-electron chi connectivity index (χ0n) is 14.7. The third-order valence-corrected chi connectivity index (χ3v) is 3.98. The Morgan fingerprint density at radius 1 is 1.44 bits per heavy atom. The summed E-state index contributed by atoms with van der Waals surface area (Å²) in [4.78, 5) is 11.1. The lowest BCUT2D eigenvalue weighted by Gasteiger charge is -2.18. The Morgan fingerprint density at radius 3 is 2.84 bits per heavy atom. The van der Waals surface area contributed by atoms with E-state index in [1.807, 2.05) is 39.0 Å². The summed E-state index contributed by atoms with van der Waals surface area (Å²) in [6.07, 6.45) is 4.15. The number of allylic oxidation sites excluding steroid dienone is 1. The number of hydrogen-bond donors (Lipinski definition) is 1. The van der Waals surface area contributed by atoms with Gasteiger partial charge in [0.2, 0.25) is 5.91 Å². The number of ether oxygens (including phenoxy) is 2. The molecule has 0 aliphatic carbocycles. The molecule has 6 nitrogen and oxygen atoms in total. The highest BCUT2D eigenvalue weighted by Crippen LogP contribution is 2.34. The molecule has 0 atom stereocenters. The van der Waals surface area contributed by atoms with E-state index in [9.17, 15) is 4.79 Å². The van der Waals surface area contributed by atoms with Gasteiger partial charge in [-0.1, -0.05) is 17.8 Å². The number of amides is 1. The number of thioether (sulfide) groups is 1. The van der Waals surface area contributed by atoms with E-state index in [4.69, 9.17) is 9.47 Å². The van der Waals surface area contributed by atoms with E-state index in [2.05, 4.69) is 22.1 Å². The number of nitrogens with zero attached hydrogens (tertiary/aromatic N) is 2. The van der Waals surface area contributed by atoms with Crippen LogP contribution in [0.3, 0.4) is 0 Å². The zero-order chi connectivity index (χ0) is 18.2. The summed E-state index contributed by atoms with van der Waals surface area (Å²) >= 11 is 1.34. The smallest absolute Gasteiger partial charge is 0.236 e. The molecular formula is C18H23N3O3S. The summed E-state index contributed by atoms with van der Waals surface area (Å²) in [6.45, 7) is 10.2. The zero-order valence-corrected chi connectivity index (χ0v) is 15.6. The van der Waals surface area contributed by atoms with Crippen molar-refractivity contribution in [1.82, 2.24) is 5.32 Å². The van der Waals surface area contributed by atoms with E-state index in [0.29, 0.717) is 29.7 Å². The van der Waals surface area contributed by atoms with Crippen LogP contribution in [-0.4, -0.2) is 35.8 Å². The SMILES string of the molecule is C=CCc1cc(C=NN=C2NC(=O)CS2)cc(OCC)c1OC(C)C. The molecular weight excluding hydrogens is 338 g/mol.